The van der Waals surface area contributed by atoms with Crippen molar-refractivity contribution in [1.29, 1.82) is 0 Å². The molecule has 0 aliphatic heterocycles. The Balaban J connectivity index is 1.50. The molecule has 0 bridgehead atoms. The first kappa shape index (κ1) is 33.4. The molecule has 0 heterocycles. The lowest BCUT2D eigenvalue weighted by atomic mass is 9.84. The number of hydrogen-bond acceptors (Lipinski definition) is 5. The fourth-order valence-corrected chi connectivity index (χ4v) is 7.56. The molecule has 1 saturated carbocycles. The Labute approximate surface area is 259 Å². The average molecular weight is 611 g/mol. The van der Waals surface area contributed by atoms with Crippen LogP contribution in [0.3, 0.4) is 0 Å². The van der Waals surface area contributed by atoms with Gasteiger partial charge in [0.15, 0.2) is 8.32 Å². The molecule has 0 saturated heterocycles. The Bertz CT molecular complexity index is 1240. The first-order chi connectivity index (χ1) is 20.4. The van der Waals surface area contributed by atoms with Gasteiger partial charge in [0.2, 0.25) is 0 Å². The Morgan fingerprint density at radius 2 is 1.81 bits per heavy atom. The minimum atomic E-state index is -2.10. The van der Waals surface area contributed by atoms with Crippen molar-refractivity contribution in [2.24, 2.45) is 5.92 Å². The summed E-state index contributed by atoms with van der Waals surface area (Å²) in [5.41, 5.74) is 4.86. The lowest BCUT2D eigenvalue weighted by Crippen LogP contribution is -2.44. The molecule has 236 valence electrons. The van der Waals surface area contributed by atoms with Crippen LogP contribution in [0.4, 0.5) is 4.39 Å². The van der Waals surface area contributed by atoms with E-state index in [1.165, 1.54) is 23.8 Å². The fourth-order valence-electron chi connectivity index (χ4n) is 6.21. The van der Waals surface area contributed by atoms with E-state index in [0.717, 1.165) is 37.0 Å². The van der Waals surface area contributed by atoms with Crippen LogP contribution in [0.15, 0.2) is 54.6 Å². The molecule has 2 unspecified atom stereocenters. The van der Waals surface area contributed by atoms with Crippen molar-refractivity contribution < 1.29 is 27.8 Å². The van der Waals surface area contributed by atoms with E-state index >= 15 is 4.39 Å². The maximum atomic E-state index is 15.8. The molecule has 5 atom stereocenters. The van der Waals surface area contributed by atoms with E-state index in [0.29, 0.717) is 25.9 Å². The lowest BCUT2D eigenvalue weighted by Gasteiger charge is -2.40. The van der Waals surface area contributed by atoms with E-state index < -0.39 is 14.5 Å². The summed E-state index contributed by atoms with van der Waals surface area (Å²) in [5, 5.41) is 0.0490. The number of methoxy groups -OCH3 is 2. The number of aryl methyl sites for hydroxylation is 1. The molecule has 0 amide bonds. The highest BCUT2D eigenvalue weighted by Gasteiger charge is 2.49. The number of unbranched alkanes of at least 4 members (excludes halogenated alkanes) is 1. The number of carbonyl (C=O) groups is 1. The molecule has 7 heteroatoms. The summed E-state index contributed by atoms with van der Waals surface area (Å²) < 4.78 is 39.2. The Morgan fingerprint density at radius 3 is 2.49 bits per heavy atom. The molecule has 0 aromatic heterocycles. The highest BCUT2D eigenvalue weighted by molar-refractivity contribution is 6.74. The number of allylic oxidation sites excluding steroid dienone is 2. The van der Waals surface area contributed by atoms with Gasteiger partial charge in [-0.3, -0.25) is 4.79 Å². The van der Waals surface area contributed by atoms with Crippen LogP contribution < -0.4 is 4.74 Å². The third kappa shape index (κ3) is 8.37. The lowest BCUT2D eigenvalue weighted by molar-refractivity contribution is -0.140. The first-order valence-corrected chi connectivity index (χ1v) is 18.7. The third-order valence-electron chi connectivity index (χ3n) is 9.78. The van der Waals surface area contributed by atoms with Crippen molar-refractivity contribution in [3.63, 3.8) is 0 Å². The second kappa shape index (κ2) is 14.5. The van der Waals surface area contributed by atoms with E-state index in [1.54, 1.807) is 7.11 Å². The molecule has 2 aliphatic rings. The molecule has 0 radical (unpaired) electrons. The summed E-state index contributed by atoms with van der Waals surface area (Å²) in [7, 11) is 0.981. The van der Waals surface area contributed by atoms with Gasteiger partial charge in [-0.05, 0) is 84.6 Å². The number of rotatable bonds is 13. The van der Waals surface area contributed by atoms with E-state index in [-0.39, 0.29) is 35.1 Å². The second-order valence-corrected chi connectivity index (χ2v) is 18.4. The van der Waals surface area contributed by atoms with Crippen LogP contribution >= 0.6 is 0 Å². The van der Waals surface area contributed by atoms with Gasteiger partial charge in [0.05, 0.1) is 33.0 Å². The average Bonchev–Trinajstić information content (AvgIpc) is 3.51. The third-order valence-corrected chi connectivity index (χ3v) is 14.3. The molecule has 0 spiro atoms. The van der Waals surface area contributed by atoms with Crippen molar-refractivity contribution in [1.82, 2.24) is 0 Å². The number of ether oxygens (including phenoxy) is 3. The molecule has 5 nitrogen and oxygen atoms in total. The van der Waals surface area contributed by atoms with Gasteiger partial charge in [0.25, 0.3) is 0 Å². The normalized spacial score (nSPS) is 24.0. The zero-order chi connectivity index (χ0) is 31.2. The summed E-state index contributed by atoms with van der Waals surface area (Å²) in [4.78, 5) is 11.4. The van der Waals surface area contributed by atoms with Gasteiger partial charge < -0.3 is 18.6 Å². The van der Waals surface area contributed by atoms with E-state index in [2.05, 4.69) is 64.2 Å². The maximum Gasteiger partial charge on any atom is 0.305 e. The van der Waals surface area contributed by atoms with Crippen LogP contribution in [-0.2, 0) is 31.7 Å². The Hall–Kier alpha value is -2.48. The second-order valence-electron chi connectivity index (χ2n) is 13.7. The van der Waals surface area contributed by atoms with Crippen LogP contribution in [0.1, 0.15) is 93.6 Å². The fraction of sp³-hybridized carbons (Fsp3) is 0.583. The molecular formula is C36H51FO5Si. The summed E-state index contributed by atoms with van der Waals surface area (Å²) >= 11 is 0. The number of fused-ring (bicyclic) bond motifs is 1. The minimum absolute atomic E-state index is 0.00610. The first-order valence-electron chi connectivity index (χ1n) is 15.8. The van der Waals surface area contributed by atoms with Crippen molar-refractivity contribution in [3.8, 4) is 5.75 Å². The summed E-state index contributed by atoms with van der Waals surface area (Å²) in [6.07, 6.45) is 8.11. The number of halogens is 1. The van der Waals surface area contributed by atoms with Gasteiger partial charge in [-0.2, -0.15) is 0 Å². The molecule has 4 rings (SSSR count). The van der Waals surface area contributed by atoms with E-state index in [1.807, 2.05) is 24.3 Å². The predicted molar refractivity (Wildman–Crippen MR) is 173 cm³/mol. The quantitative estimate of drug-likeness (QED) is 0.0980. The molecule has 1 fully saturated rings. The molecule has 2 aliphatic carbocycles. The number of benzene rings is 2. The van der Waals surface area contributed by atoms with Gasteiger partial charge in [0.1, 0.15) is 11.9 Å². The molecular weight excluding hydrogens is 559 g/mol. The van der Waals surface area contributed by atoms with Crippen molar-refractivity contribution in [3.05, 3.63) is 76.9 Å². The van der Waals surface area contributed by atoms with Gasteiger partial charge in [-0.15, -0.1) is 0 Å². The maximum absolute atomic E-state index is 15.8. The predicted octanol–water partition coefficient (Wildman–Crippen LogP) is 9.02. The molecule has 2 aromatic carbocycles. The van der Waals surface area contributed by atoms with Gasteiger partial charge >= 0.3 is 5.97 Å². The van der Waals surface area contributed by atoms with Crippen LogP contribution in [0, 0.1) is 5.92 Å². The number of alkyl halides is 1. The highest BCUT2D eigenvalue weighted by atomic mass is 28.4. The van der Waals surface area contributed by atoms with Gasteiger partial charge in [-0.1, -0.05) is 63.3 Å². The topological polar surface area (TPSA) is 54.0 Å². The van der Waals surface area contributed by atoms with E-state index in [4.69, 9.17) is 18.6 Å². The highest BCUT2D eigenvalue weighted by Crippen LogP contribution is 2.49. The van der Waals surface area contributed by atoms with Gasteiger partial charge in [0, 0.05) is 24.7 Å². The monoisotopic (exact) mass is 610 g/mol. The Kier molecular flexibility index (Phi) is 11.3. The number of hydrogen-bond donors (Lipinski definition) is 0. The van der Waals surface area contributed by atoms with Crippen molar-refractivity contribution in [2.45, 2.75) is 115 Å². The van der Waals surface area contributed by atoms with Crippen LogP contribution in [0.25, 0.3) is 0 Å². The summed E-state index contributed by atoms with van der Waals surface area (Å²) in [6, 6.07) is 14.7. The number of carbonyl (C=O) groups excluding carboxylic acids is 1. The zero-order valence-electron chi connectivity index (χ0n) is 27.2. The van der Waals surface area contributed by atoms with Crippen LogP contribution in [0.5, 0.6) is 5.75 Å². The smallest absolute Gasteiger partial charge is 0.305 e. The number of esters is 1. The van der Waals surface area contributed by atoms with Gasteiger partial charge in [-0.25, -0.2) is 4.39 Å². The van der Waals surface area contributed by atoms with Crippen LogP contribution in [-0.4, -0.2) is 40.8 Å². The van der Waals surface area contributed by atoms with Crippen molar-refractivity contribution >= 4 is 14.3 Å². The summed E-state index contributed by atoms with van der Waals surface area (Å²) in [5.74, 6) is 0.499. The van der Waals surface area contributed by atoms with Crippen molar-refractivity contribution in [2.75, 3.05) is 14.2 Å². The standard InChI is InChI=1S/C36H51FO5Si/c1-36(2,3)43(6,7)42-33-23-31(37)30(12-10-8-9-11-13-34(38)40-5)35(33)27-16-20-29-26(22-27)17-21-32(29)41-24-25-14-18-28(39-4)19-15-25/h8,10,14-16,18-20,22,30-33,35H,9,11-13,17,21,23-24H2,1-7H3/t30-,31?,32?,33+,35+/m0/s1. The minimum Gasteiger partial charge on any atom is -0.497 e. The zero-order valence-corrected chi connectivity index (χ0v) is 28.2. The SMILES string of the molecule is COC(=O)CCCC=CC[C@H]1C(F)C[C@@H](O[Si](C)(C)C(C)(C)C)[C@@H]1c1ccc2c(c1)CCC2OCc1ccc(OC)cc1. The largest absolute Gasteiger partial charge is 0.497 e. The molecule has 2 aromatic rings. The van der Waals surface area contributed by atoms with Crippen LogP contribution in [0.2, 0.25) is 18.1 Å². The Morgan fingerprint density at radius 1 is 1.07 bits per heavy atom. The molecule has 0 N–H and O–H groups in total. The summed E-state index contributed by atoms with van der Waals surface area (Å²) in [6.45, 7) is 11.8. The van der Waals surface area contributed by atoms with E-state index in [9.17, 15) is 4.79 Å². The molecule has 43 heavy (non-hydrogen) atoms.